The maximum atomic E-state index is 10.5. The second-order valence-corrected chi connectivity index (χ2v) is 4.27. The predicted octanol–water partition coefficient (Wildman–Crippen LogP) is 1.25. The summed E-state index contributed by atoms with van der Waals surface area (Å²) in [7, 11) is 0. The summed E-state index contributed by atoms with van der Waals surface area (Å²) in [6, 6.07) is 1.90. The van der Waals surface area contributed by atoms with Gasteiger partial charge in [-0.15, -0.1) is 5.10 Å². The molecule has 0 spiro atoms. The van der Waals surface area contributed by atoms with Gasteiger partial charge in [0.25, 0.3) is 5.89 Å². The average molecular weight is 261 g/mol. The van der Waals surface area contributed by atoms with Gasteiger partial charge in [0, 0.05) is 5.38 Å². The summed E-state index contributed by atoms with van der Waals surface area (Å²) in [6.07, 6.45) is 2.16. The molecule has 3 heterocycles. The van der Waals surface area contributed by atoms with Crippen LogP contribution in [0.1, 0.15) is 16.3 Å². The van der Waals surface area contributed by atoms with Crippen molar-refractivity contribution >= 4 is 17.6 Å². The van der Waals surface area contributed by atoms with Crippen LogP contribution in [0.15, 0.2) is 27.5 Å². The van der Waals surface area contributed by atoms with E-state index in [2.05, 4.69) is 20.5 Å². The Morgan fingerprint density at radius 3 is 3.17 bits per heavy atom. The maximum absolute atomic E-state index is 10.5. The molecule has 0 amide bonds. The Balaban J connectivity index is 1.79. The summed E-state index contributed by atoms with van der Waals surface area (Å²) in [5, 5.41) is 15.1. The Labute approximate surface area is 105 Å². The molecule has 3 aromatic heterocycles. The van der Waals surface area contributed by atoms with Crippen molar-refractivity contribution in [2.24, 2.45) is 0 Å². The number of thiophene rings is 1. The standard InChI is InChI=1S/C10H7N5O2S/c16-5-8-3-15(14-12-8)4-9-11-10(17-13-9)7-1-2-18-6-7/h1-3,5-6H,4H2. The van der Waals surface area contributed by atoms with Gasteiger partial charge in [-0.2, -0.15) is 16.3 Å². The van der Waals surface area contributed by atoms with Crippen molar-refractivity contribution in [3.63, 3.8) is 0 Å². The van der Waals surface area contributed by atoms with Crippen LogP contribution in [0.4, 0.5) is 0 Å². The van der Waals surface area contributed by atoms with E-state index >= 15 is 0 Å². The van der Waals surface area contributed by atoms with Gasteiger partial charge in [0.05, 0.1) is 11.8 Å². The number of rotatable bonds is 4. The van der Waals surface area contributed by atoms with Gasteiger partial charge in [0.2, 0.25) is 0 Å². The summed E-state index contributed by atoms with van der Waals surface area (Å²) in [5.74, 6) is 0.959. The third kappa shape index (κ3) is 2.05. The van der Waals surface area contributed by atoms with Crippen molar-refractivity contribution in [3.8, 4) is 11.5 Å². The number of carbonyl (C=O) groups excluding carboxylic acids is 1. The molecule has 0 aliphatic carbocycles. The second-order valence-electron chi connectivity index (χ2n) is 3.49. The molecule has 0 radical (unpaired) electrons. The van der Waals surface area contributed by atoms with Gasteiger partial charge < -0.3 is 4.52 Å². The molecule has 3 aromatic rings. The summed E-state index contributed by atoms with van der Waals surface area (Å²) >= 11 is 1.56. The molecule has 0 atom stereocenters. The van der Waals surface area contributed by atoms with Crippen LogP contribution in [0.2, 0.25) is 0 Å². The van der Waals surface area contributed by atoms with Crippen molar-refractivity contribution in [3.05, 3.63) is 34.5 Å². The number of carbonyl (C=O) groups is 1. The van der Waals surface area contributed by atoms with Gasteiger partial charge in [-0.1, -0.05) is 10.4 Å². The first-order chi connectivity index (χ1) is 8.85. The smallest absolute Gasteiger partial charge is 0.258 e. The fraction of sp³-hybridized carbons (Fsp3) is 0.100. The molecule has 0 aliphatic heterocycles. The highest BCUT2D eigenvalue weighted by atomic mass is 32.1. The minimum atomic E-state index is 0.275. The number of hydrogen-bond donors (Lipinski definition) is 0. The minimum Gasteiger partial charge on any atom is -0.334 e. The van der Waals surface area contributed by atoms with Gasteiger partial charge in [-0.25, -0.2) is 4.68 Å². The van der Waals surface area contributed by atoms with Crippen molar-refractivity contribution in [1.82, 2.24) is 25.1 Å². The first kappa shape index (κ1) is 10.8. The van der Waals surface area contributed by atoms with Crippen LogP contribution in [-0.4, -0.2) is 31.4 Å². The highest BCUT2D eigenvalue weighted by Gasteiger charge is 2.10. The van der Waals surface area contributed by atoms with Gasteiger partial charge in [-0.05, 0) is 11.4 Å². The fourth-order valence-corrected chi connectivity index (χ4v) is 2.04. The molecule has 0 bridgehead atoms. The summed E-state index contributed by atoms with van der Waals surface area (Å²) < 4.78 is 6.61. The molecule has 8 heteroatoms. The number of hydrogen-bond acceptors (Lipinski definition) is 7. The zero-order valence-electron chi connectivity index (χ0n) is 9.05. The molecule has 0 aliphatic rings. The third-order valence-electron chi connectivity index (χ3n) is 2.22. The zero-order valence-corrected chi connectivity index (χ0v) is 9.87. The van der Waals surface area contributed by atoms with E-state index in [-0.39, 0.29) is 5.69 Å². The van der Waals surface area contributed by atoms with Crippen LogP contribution in [0.25, 0.3) is 11.5 Å². The maximum Gasteiger partial charge on any atom is 0.258 e. The second kappa shape index (κ2) is 4.49. The lowest BCUT2D eigenvalue weighted by molar-refractivity contribution is 0.111. The van der Waals surface area contributed by atoms with Crippen LogP contribution in [0, 0.1) is 0 Å². The third-order valence-corrected chi connectivity index (χ3v) is 2.90. The molecule has 0 aromatic carbocycles. The minimum absolute atomic E-state index is 0.275. The van der Waals surface area contributed by atoms with Crippen molar-refractivity contribution < 1.29 is 9.32 Å². The van der Waals surface area contributed by atoms with E-state index in [0.29, 0.717) is 24.5 Å². The molecular formula is C10H7N5O2S. The van der Waals surface area contributed by atoms with E-state index in [4.69, 9.17) is 4.52 Å². The molecule has 3 rings (SSSR count). The van der Waals surface area contributed by atoms with Crippen molar-refractivity contribution in [1.29, 1.82) is 0 Å². The number of nitrogens with zero attached hydrogens (tertiary/aromatic N) is 5. The van der Waals surface area contributed by atoms with Crippen LogP contribution < -0.4 is 0 Å². The lowest BCUT2D eigenvalue weighted by Gasteiger charge is -1.91. The average Bonchev–Trinajstić information content (AvgIpc) is 3.10. The van der Waals surface area contributed by atoms with Gasteiger partial charge in [0.15, 0.2) is 12.1 Å². The lowest BCUT2D eigenvalue weighted by atomic mass is 10.3. The molecule has 18 heavy (non-hydrogen) atoms. The van der Waals surface area contributed by atoms with Crippen LogP contribution >= 0.6 is 11.3 Å². The van der Waals surface area contributed by atoms with Crippen molar-refractivity contribution in [2.45, 2.75) is 6.54 Å². The summed E-state index contributed by atoms with van der Waals surface area (Å²) in [4.78, 5) is 14.7. The SMILES string of the molecule is O=Cc1cn(Cc2noc(-c3ccsc3)n2)nn1. The summed E-state index contributed by atoms with van der Waals surface area (Å²) in [5.41, 5.74) is 1.17. The highest BCUT2D eigenvalue weighted by molar-refractivity contribution is 7.08. The Morgan fingerprint density at radius 2 is 2.44 bits per heavy atom. The topological polar surface area (TPSA) is 86.7 Å². The lowest BCUT2D eigenvalue weighted by Crippen LogP contribution is -2.02. The van der Waals surface area contributed by atoms with Crippen LogP contribution in [0.3, 0.4) is 0 Å². The van der Waals surface area contributed by atoms with E-state index in [1.165, 1.54) is 10.9 Å². The Hall–Kier alpha value is -2.35. The Kier molecular flexibility index (Phi) is 2.69. The van der Waals surface area contributed by atoms with Crippen LogP contribution in [0.5, 0.6) is 0 Å². The molecule has 90 valence electrons. The molecule has 0 unspecified atom stereocenters. The zero-order chi connectivity index (χ0) is 12.4. The highest BCUT2D eigenvalue weighted by Crippen LogP contribution is 2.19. The Morgan fingerprint density at radius 1 is 1.50 bits per heavy atom. The number of aromatic nitrogens is 5. The quantitative estimate of drug-likeness (QED) is 0.657. The van der Waals surface area contributed by atoms with Crippen molar-refractivity contribution in [2.75, 3.05) is 0 Å². The fourth-order valence-electron chi connectivity index (χ4n) is 1.41. The summed E-state index contributed by atoms with van der Waals surface area (Å²) in [6.45, 7) is 0.314. The largest absolute Gasteiger partial charge is 0.334 e. The van der Waals surface area contributed by atoms with Gasteiger partial charge in [-0.3, -0.25) is 4.79 Å². The van der Waals surface area contributed by atoms with Gasteiger partial charge in [0.1, 0.15) is 12.2 Å². The van der Waals surface area contributed by atoms with E-state index in [0.717, 1.165) is 5.56 Å². The Bertz CT molecular complexity index is 657. The first-order valence-corrected chi connectivity index (χ1v) is 6.00. The van der Waals surface area contributed by atoms with E-state index < -0.39 is 0 Å². The normalized spacial score (nSPS) is 10.7. The molecule has 0 saturated carbocycles. The van der Waals surface area contributed by atoms with E-state index in [1.54, 1.807) is 11.3 Å². The molecule has 0 fully saturated rings. The first-order valence-electron chi connectivity index (χ1n) is 5.05. The molecule has 7 nitrogen and oxygen atoms in total. The number of aldehydes is 1. The van der Waals surface area contributed by atoms with Gasteiger partial charge >= 0.3 is 0 Å². The van der Waals surface area contributed by atoms with Crippen LogP contribution in [-0.2, 0) is 6.54 Å². The predicted molar refractivity (Wildman–Crippen MR) is 62.1 cm³/mol. The molecular weight excluding hydrogens is 254 g/mol. The monoisotopic (exact) mass is 261 g/mol. The molecule has 0 N–H and O–H groups in total. The molecule has 0 saturated heterocycles. The van der Waals surface area contributed by atoms with E-state index in [9.17, 15) is 4.79 Å². The van der Waals surface area contributed by atoms with E-state index in [1.807, 2.05) is 16.8 Å².